The number of hydrogen-bond acceptors (Lipinski definition) is 3. The van der Waals surface area contributed by atoms with Gasteiger partial charge in [-0.3, -0.25) is 9.59 Å². The van der Waals surface area contributed by atoms with Crippen LogP contribution in [0.15, 0.2) is 23.8 Å². The predicted molar refractivity (Wildman–Crippen MR) is 136 cm³/mol. The molecule has 0 aliphatic heterocycles. The summed E-state index contributed by atoms with van der Waals surface area (Å²) in [6.45, 7) is 16.6. The SMILES string of the molecule is COC(=O)C12CCC(C)(C)C[C@H]1C1=CC[C@@H]3[C@@]4(C)C=CC(=O)C(C)(C)[C@@H]4CC[C@@]3(C)[C@]1(C)CC2. The monoisotopic (exact) mass is 466 g/mol. The minimum Gasteiger partial charge on any atom is -0.469 e. The largest absolute Gasteiger partial charge is 0.469 e. The molecule has 0 N–H and O–H groups in total. The van der Waals surface area contributed by atoms with E-state index in [2.05, 4.69) is 60.6 Å². The van der Waals surface area contributed by atoms with E-state index in [-0.39, 0.29) is 44.4 Å². The summed E-state index contributed by atoms with van der Waals surface area (Å²) in [5.74, 6) is 1.50. The fraction of sp³-hybridized carbons (Fsp3) is 0.806. The van der Waals surface area contributed by atoms with Gasteiger partial charge in [-0.05, 0) is 96.9 Å². The molecule has 1 unspecified atom stereocenters. The Hall–Kier alpha value is -1.38. The number of methoxy groups -OCH3 is 1. The van der Waals surface area contributed by atoms with Crippen LogP contribution in [0.3, 0.4) is 0 Å². The lowest BCUT2D eigenvalue weighted by molar-refractivity contribution is -0.177. The first kappa shape index (κ1) is 24.3. The van der Waals surface area contributed by atoms with Gasteiger partial charge in [0, 0.05) is 5.41 Å². The van der Waals surface area contributed by atoms with Crippen molar-refractivity contribution in [2.45, 2.75) is 99.8 Å². The summed E-state index contributed by atoms with van der Waals surface area (Å²) in [6.07, 6.45) is 15.2. The Morgan fingerprint density at radius 2 is 1.62 bits per heavy atom. The number of hydrogen-bond donors (Lipinski definition) is 0. The number of esters is 1. The molecule has 0 saturated heterocycles. The lowest BCUT2D eigenvalue weighted by atomic mass is 9.34. The normalized spacial score (nSPS) is 48.5. The highest BCUT2D eigenvalue weighted by Gasteiger charge is 2.68. The molecule has 0 spiro atoms. The third-order valence-electron chi connectivity index (χ3n) is 12.5. The standard InChI is InChI=1S/C31H46O3/c1-26(2)15-17-31(25(33)34-8)18-16-29(6)20(21(31)19-26)9-10-23-28(5)13-12-24(32)27(3,4)22(28)11-14-30(23,29)7/h9,12-13,21-23H,10-11,14-19H2,1-8H3/t21-,22-,23+,28-,29+,30+,31?/m0/s1. The Kier molecular flexibility index (Phi) is 5.08. The van der Waals surface area contributed by atoms with Crippen molar-refractivity contribution in [3.63, 3.8) is 0 Å². The molecule has 5 aliphatic carbocycles. The van der Waals surface area contributed by atoms with Gasteiger partial charge in [-0.2, -0.15) is 0 Å². The molecule has 0 radical (unpaired) electrons. The summed E-state index contributed by atoms with van der Waals surface area (Å²) in [4.78, 5) is 26.2. The van der Waals surface area contributed by atoms with E-state index in [0.29, 0.717) is 17.6 Å². The molecule has 0 aromatic heterocycles. The second-order valence-corrected chi connectivity index (χ2v) is 14.6. The zero-order chi connectivity index (χ0) is 24.9. The van der Waals surface area contributed by atoms with E-state index in [4.69, 9.17) is 4.74 Å². The smallest absolute Gasteiger partial charge is 0.312 e. The zero-order valence-corrected chi connectivity index (χ0v) is 22.8. The van der Waals surface area contributed by atoms with E-state index in [1.165, 1.54) is 0 Å². The van der Waals surface area contributed by atoms with Gasteiger partial charge in [0.15, 0.2) is 5.78 Å². The van der Waals surface area contributed by atoms with E-state index < -0.39 is 0 Å². The van der Waals surface area contributed by atoms with Gasteiger partial charge in [0.05, 0.1) is 12.5 Å². The first-order valence-electron chi connectivity index (χ1n) is 13.7. The summed E-state index contributed by atoms with van der Waals surface area (Å²) in [5, 5.41) is 0. The molecule has 0 heterocycles. The van der Waals surface area contributed by atoms with Crippen molar-refractivity contribution in [1.82, 2.24) is 0 Å². The molecule has 0 aromatic rings. The minimum absolute atomic E-state index is 0.0226. The van der Waals surface area contributed by atoms with Crippen molar-refractivity contribution in [2.24, 2.45) is 50.2 Å². The molecule has 3 heteroatoms. The van der Waals surface area contributed by atoms with Gasteiger partial charge >= 0.3 is 5.97 Å². The molecular weight excluding hydrogens is 420 g/mol. The number of allylic oxidation sites excluding steroid dienone is 4. The maximum atomic E-state index is 13.3. The van der Waals surface area contributed by atoms with Crippen molar-refractivity contribution in [1.29, 1.82) is 0 Å². The third-order valence-corrected chi connectivity index (χ3v) is 12.5. The summed E-state index contributed by atoms with van der Waals surface area (Å²) in [5.41, 5.74) is 1.44. The lowest BCUT2D eigenvalue weighted by Crippen LogP contribution is -2.64. The van der Waals surface area contributed by atoms with Crippen molar-refractivity contribution < 1.29 is 14.3 Å². The van der Waals surface area contributed by atoms with Crippen LogP contribution in [0.25, 0.3) is 0 Å². The lowest BCUT2D eigenvalue weighted by Gasteiger charge is -2.69. The molecule has 3 nitrogen and oxygen atoms in total. The molecule has 188 valence electrons. The fourth-order valence-corrected chi connectivity index (χ4v) is 10.1. The van der Waals surface area contributed by atoms with E-state index in [1.807, 2.05) is 6.08 Å². The van der Waals surface area contributed by atoms with Gasteiger partial charge in [-0.1, -0.05) is 66.2 Å². The molecule has 5 aliphatic rings. The molecule has 7 atom stereocenters. The quantitative estimate of drug-likeness (QED) is 0.301. The maximum absolute atomic E-state index is 13.3. The van der Waals surface area contributed by atoms with Gasteiger partial charge < -0.3 is 4.74 Å². The Balaban J connectivity index is 1.62. The third kappa shape index (κ3) is 2.82. The molecule has 0 amide bonds. The molecule has 34 heavy (non-hydrogen) atoms. The van der Waals surface area contributed by atoms with E-state index in [1.54, 1.807) is 12.7 Å². The van der Waals surface area contributed by atoms with Gasteiger partial charge in [-0.25, -0.2) is 0 Å². The average molecular weight is 467 g/mol. The topological polar surface area (TPSA) is 43.4 Å². The van der Waals surface area contributed by atoms with Gasteiger partial charge in [0.25, 0.3) is 0 Å². The molecular formula is C31H46O3. The second-order valence-electron chi connectivity index (χ2n) is 14.6. The van der Waals surface area contributed by atoms with Crippen molar-refractivity contribution in [3.8, 4) is 0 Å². The van der Waals surface area contributed by atoms with E-state index >= 15 is 0 Å². The first-order valence-corrected chi connectivity index (χ1v) is 13.7. The van der Waals surface area contributed by atoms with E-state index in [0.717, 1.165) is 51.4 Å². The van der Waals surface area contributed by atoms with E-state index in [9.17, 15) is 9.59 Å². The van der Waals surface area contributed by atoms with Crippen LogP contribution in [0.4, 0.5) is 0 Å². The summed E-state index contributed by atoms with van der Waals surface area (Å²) in [7, 11) is 1.58. The molecule has 3 fully saturated rings. The molecule has 0 aromatic carbocycles. The molecule has 3 saturated carbocycles. The Morgan fingerprint density at radius 3 is 2.29 bits per heavy atom. The number of ether oxygens (including phenoxy) is 1. The highest BCUT2D eigenvalue weighted by Crippen LogP contribution is 2.75. The number of ketones is 1. The van der Waals surface area contributed by atoms with Gasteiger partial charge in [-0.15, -0.1) is 0 Å². The van der Waals surface area contributed by atoms with Crippen LogP contribution in [-0.2, 0) is 14.3 Å². The van der Waals surface area contributed by atoms with Crippen LogP contribution in [0.5, 0.6) is 0 Å². The summed E-state index contributed by atoms with van der Waals surface area (Å²) >= 11 is 0. The highest BCUT2D eigenvalue weighted by atomic mass is 16.5. The summed E-state index contributed by atoms with van der Waals surface area (Å²) in [6, 6.07) is 0. The minimum atomic E-state index is -0.348. The maximum Gasteiger partial charge on any atom is 0.312 e. The fourth-order valence-electron chi connectivity index (χ4n) is 10.1. The van der Waals surface area contributed by atoms with Crippen molar-refractivity contribution >= 4 is 11.8 Å². The highest BCUT2D eigenvalue weighted by molar-refractivity contribution is 5.95. The van der Waals surface area contributed by atoms with Crippen LogP contribution in [0.1, 0.15) is 99.8 Å². The zero-order valence-electron chi connectivity index (χ0n) is 22.8. The van der Waals surface area contributed by atoms with Crippen LogP contribution in [0.2, 0.25) is 0 Å². The number of carbonyl (C=O) groups excluding carboxylic acids is 2. The first-order chi connectivity index (χ1) is 15.7. The van der Waals surface area contributed by atoms with Crippen LogP contribution in [0, 0.1) is 50.2 Å². The Bertz CT molecular complexity index is 985. The number of fused-ring (bicyclic) bond motifs is 7. The second kappa shape index (κ2) is 7.10. The van der Waals surface area contributed by atoms with Gasteiger partial charge in [0.2, 0.25) is 0 Å². The van der Waals surface area contributed by atoms with Crippen LogP contribution >= 0.6 is 0 Å². The van der Waals surface area contributed by atoms with Crippen LogP contribution < -0.4 is 0 Å². The molecule has 0 bridgehead atoms. The summed E-state index contributed by atoms with van der Waals surface area (Å²) < 4.78 is 5.47. The number of rotatable bonds is 1. The van der Waals surface area contributed by atoms with Gasteiger partial charge in [0.1, 0.15) is 0 Å². The van der Waals surface area contributed by atoms with Crippen molar-refractivity contribution in [3.05, 3.63) is 23.8 Å². The molecule has 5 rings (SSSR count). The Morgan fingerprint density at radius 1 is 0.941 bits per heavy atom. The number of carbonyl (C=O) groups is 2. The Labute approximate surface area is 207 Å². The van der Waals surface area contributed by atoms with Crippen molar-refractivity contribution in [2.75, 3.05) is 7.11 Å². The predicted octanol–water partition coefficient (Wildman–Crippen LogP) is 7.31. The average Bonchev–Trinajstić information content (AvgIpc) is 2.76. The van der Waals surface area contributed by atoms with Crippen LogP contribution in [-0.4, -0.2) is 18.9 Å².